The Morgan fingerprint density at radius 1 is 1.39 bits per heavy atom. The lowest BCUT2D eigenvalue weighted by Gasteiger charge is -1.96. The Labute approximate surface area is 104 Å². The molecule has 0 amide bonds. The van der Waals surface area contributed by atoms with Gasteiger partial charge in [-0.05, 0) is 5.56 Å². The standard InChI is InChI=1S/C13H11N3O2/c14-8-11-10(7-13(17)18)15-12(16-11)6-9-4-2-1-3-5-9/h1-5H,6-7H2,(H,15,16)(H,17,18). The van der Waals surface area contributed by atoms with Crippen molar-refractivity contribution < 1.29 is 9.90 Å². The molecule has 0 aliphatic rings. The zero-order chi connectivity index (χ0) is 13.0. The van der Waals surface area contributed by atoms with Gasteiger partial charge in [0.05, 0.1) is 12.1 Å². The molecule has 5 nitrogen and oxygen atoms in total. The van der Waals surface area contributed by atoms with Gasteiger partial charge in [-0.2, -0.15) is 5.26 Å². The second-order valence-corrected chi connectivity index (χ2v) is 3.86. The fourth-order valence-electron chi connectivity index (χ4n) is 1.71. The van der Waals surface area contributed by atoms with E-state index in [4.69, 9.17) is 10.4 Å². The molecular formula is C13H11N3O2. The molecule has 0 aliphatic heterocycles. The van der Waals surface area contributed by atoms with E-state index in [2.05, 4.69) is 9.97 Å². The maximum atomic E-state index is 10.6. The van der Waals surface area contributed by atoms with Crippen LogP contribution in [-0.4, -0.2) is 21.0 Å². The van der Waals surface area contributed by atoms with Crippen LogP contribution in [0.5, 0.6) is 0 Å². The molecule has 1 aromatic carbocycles. The topological polar surface area (TPSA) is 89.8 Å². The summed E-state index contributed by atoms with van der Waals surface area (Å²) in [4.78, 5) is 17.6. The molecule has 0 spiro atoms. The molecule has 0 atom stereocenters. The number of carbonyl (C=O) groups is 1. The first-order chi connectivity index (χ1) is 8.69. The lowest BCUT2D eigenvalue weighted by Crippen LogP contribution is -2.02. The van der Waals surface area contributed by atoms with Crippen LogP contribution in [0.25, 0.3) is 0 Å². The van der Waals surface area contributed by atoms with Crippen molar-refractivity contribution in [3.8, 4) is 6.07 Å². The highest BCUT2D eigenvalue weighted by Gasteiger charge is 2.12. The van der Waals surface area contributed by atoms with Gasteiger partial charge in [-0.3, -0.25) is 4.79 Å². The highest BCUT2D eigenvalue weighted by atomic mass is 16.4. The Balaban J connectivity index is 2.23. The molecule has 2 N–H and O–H groups in total. The number of H-pyrrole nitrogens is 1. The number of nitrogens with zero attached hydrogens (tertiary/aromatic N) is 2. The summed E-state index contributed by atoms with van der Waals surface area (Å²) >= 11 is 0. The second kappa shape index (κ2) is 5.15. The number of imidazole rings is 1. The zero-order valence-electron chi connectivity index (χ0n) is 9.55. The minimum atomic E-state index is -0.985. The van der Waals surface area contributed by atoms with E-state index in [-0.39, 0.29) is 12.1 Å². The van der Waals surface area contributed by atoms with Gasteiger partial charge >= 0.3 is 5.97 Å². The fourth-order valence-corrected chi connectivity index (χ4v) is 1.71. The van der Waals surface area contributed by atoms with Gasteiger partial charge in [0.2, 0.25) is 0 Å². The number of aromatic nitrogens is 2. The van der Waals surface area contributed by atoms with Gasteiger partial charge in [0.25, 0.3) is 0 Å². The average Bonchev–Trinajstić information content (AvgIpc) is 2.71. The number of hydrogen-bond donors (Lipinski definition) is 2. The summed E-state index contributed by atoms with van der Waals surface area (Å²) in [6, 6.07) is 11.6. The molecule has 0 radical (unpaired) electrons. The minimum Gasteiger partial charge on any atom is -0.481 e. The molecule has 18 heavy (non-hydrogen) atoms. The van der Waals surface area contributed by atoms with Gasteiger partial charge in [-0.15, -0.1) is 0 Å². The van der Waals surface area contributed by atoms with E-state index in [0.29, 0.717) is 17.9 Å². The van der Waals surface area contributed by atoms with Crippen molar-refractivity contribution in [3.05, 3.63) is 53.1 Å². The number of hydrogen-bond acceptors (Lipinski definition) is 3. The molecule has 90 valence electrons. The summed E-state index contributed by atoms with van der Waals surface area (Å²) in [7, 11) is 0. The van der Waals surface area contributed by atoms with Crippen molar-refractivity contribution in [2.75, 3.05) is 0 Å². The number of carboxylic acids is 1. The van der Waals surface area contributed by atoms with Crippen molar-refractivity contribution in [1.29, 1.82) is 5.26 Å². The molecule has 0 fully saturated rings. The van der Waals surface area contributed by atoms with Crippen molar-refractivity contribution >= 4 is 5.97 Å². The molecule has 0 bridgehead atoms. The summed E-state index contributed by atoms with van der Waals surface area (Å²) in [6.07, 6.45) is 0.333. The number of carboxylic acid groups (broad SMARTS) is 1. The van der Waals surface area contributed by atoms with E-state index in [1.807, 2.05) is 36.4 Å². The van der Waals surface area contributed by atoms with Crippen LogP contribution < -0.4 is 0 Å². The highest BCUT2D eigenvalue weighted by molar-refractivity contribution is 5.70. The number of nitrogens with one attached hydrogen (secondary N) is 1. The predicted molar refractivity (Wildman–Crippen MR) is 63.9 cm³/mol. The van der Waals surface area contributed by atoms with Crippen LogP contribution in [0, 0.1) is 11.3 Å². The number of nitriles is 1. The predicted octanol–water partition coefficient (Wildman–Crippen LogP) is 1.50. The van der Waals surface area contributed by atoms with Crippen molar-refractivity contribution in [3.63, 3.8) is 0 Å². The lowest BCUT2D eigenvalue weighted by molar-refractivity contribution is -0.136. The summed E-state index contributed by atoms with van der Waals surface area (Å²) < 4.78 is 0. The fraction of sp³-hybridized carbons (Fsp3) is 0.154. The quantitative estimate of drug-likeness (QED) is 0.848. The average molecular weight is 241 g/mol. The van der Waals surface area contributed by atoms with Crippen LogP contribution in [0.4, 0.5) is 0 Å². The minimum absolute atomic E-state index is 0.156. The van der Waals surface area contributed by atoms with Crippen molar-refractivity contribution in [1.82, 2.24) is 9.97 Å². The molecule has 0 saturated heterocycles. The van der Waals surface area contributed by atoms with Gasteiger partial charge in [0.15, 0.2) is 5.69 Å². The van der Waals surface area contributed by atoms with Crippen LogP contribution in [0.3, 0.4) is 0 Å². The smallest absolute Gasteiger partial charge is 0.309 e. The highest BCUT2D eigenvalue weighted by Crippen LogP contribution is 2.10. The first kappa shape index (κ1) is 11.9. The van der Waals surface area contributed by atoms with Crippen molar-refractivity contribution in [2.24, 2.45) is 0 Å². The molecule has 2 aromatic rings. The van der Waals surface area contributed by atoms with Crippen molar-refractivity contribution in [2.45, 2.75) is 12.8 Å². The van der Waals surface area contributed by atoms with Gasteiger partial charge in [-0.1, -0.05) is 30.3 Å². The molecular weight excluding hydrogens is 230 g/mol. The third-order valence-electron chi connectivity index (χ3n) is 2.48. The van der Waals surface area contributed by atoms with E-state index in [1.54, 1.807) is 0 Å². The molecule has 1 aromatic heterocycles. The maximum absolute atomic E-state index is 10.6. The maximum Gasteiger partial charge on any atom is 0.309 e. The van der Waals surface area contributed by atoms with Crippen LogP contribution in [0.1, 0.15) is 22.8 Å². The summed E-state index contributed by atoms with van der Waals surface area (Å²) in [5, 5.41) is 17.6. The van der Waals surface area contributed by atoms with Crippen LogP contribution >= 0.6 is 0 Å². The Hall–Kier alpha value is -2.61. The Kier molecular flexibility index (Phi) is 3.39. The number of aliphatic carboxylic acids is 1. The van der Waals surface area contributed by atoms with Crippen LogP contribution in [0.15, 0.2) is 30.3 Å². The Bertz CT molecular complexity index is 596. The number of aromatic amines is 1. The van der Waals surface area contributed by atoms with E-state index in [0.717, 1.165) is 5.56 Å². The Morgan fingerprint density at radius 3 is 2.72 bits per heavy atom. The third kappa shape index (κ3) is 2.74. The summed E-state index contributed by atoms with van der Waals surface area (Å²) in [5.74, 6) is -0.379. The molecule has 5 heteroatoms. The first-order valence-corrected chi connectivity index (χ1v) is 5.42. The largest absolute Gasteiger partial charge is 0.481 e. The van der Waals surface area contributed by atoms with Gasteiger partial charge < -0.3 is 10.1 Å². The number of rotatable bonds is 4. The third-order valence-corrected chi connectivity index (χ3v) is 2.48. The van der Waals surface area contributed by atoms with Crippen LogP contribution in [0.2, 0.25) is 0 Å². The Morgan fingerprint density at radius 2 is 2.11 bits per heavy atom. The molecule has 1 heterocycles. The summed E-state index contributed by atoms with van der Waals surface area (Å²) in [5.41, 5.74) is 1.57. The van der Waals surface area contributed by atoms with E-state index in [9.17, 15) is 4.79 Å². The monoisotopic (exact) mass is 241 g/mol. The van der Waals surface area contributed by atoms with E-state index >= 15 is 0 Å². The van der Waals surface area contributed by atoms with Crippen LogP contribution in [-0.2, 0) is 17.6 Å². The first-order valence-electron chi connectivity index (χ1n) is 5.42. The normalized spacial score (nSPS) is 9.94. The van der Waals surface area contributed by atoms with E-state index < -0.39 is 5.97 Å². The van der Waals surface area contributed by atoms with E-state index in [1.165, 1.54) is 0 Å². The summed E-state index contributed by atoms with van der Waals surface area (Å²) in [6.45, 7) is 0. The molecule has 0 aliphatic carbocycles. The second-order valence-electron chi connectivity index (χ2n) is 3.86. The lowest BCUT2D eigenvalue weighted by atomic mass is 10.1. The molecule has 0 saturated carbocycles. The number of benzene rings is 1. The molecule has 0 unspecified atom stereocenters. The zero-order valence-corrected chi connectivity index (χ0v) is 9.55. The molecule has 2 rings (SSSR count). The van der Waals surface area contributed by atoms with Gasteiger partial charge in [0, 0.05) is 6.42 Å². The SMILES string of the molecule is N#Cc1nc(Cc2ccccc2)[nH]c1CC(=O)O. The van der Waals surface area contributed by atoms with Gasteiger partial charge in [-0.25, -0.2) is 4.98 Å². The van der Waals surface area contributed by atoms with Gasteiger partial charge in [0.1, 0.15) is 11.9 Å².